The molecule has 2 aromatic rings. The lowest BCUT2D eigenvalue weighted by atomic mass is 10.2. The predicted octanol–water partition coefficient (Wildman–Crippen LogP) is 3.29. The SMILES string of the molecule is CCOCCOc1ccc(S(=O)(=O)NCCCCN2CCN(c3cccc(C)c3)CC2)cc1. The molecule has 1 aliphatic rings. The third kappa shape index (κ3) is 8.30. The summed E-state index contributed by atoms with van der Waals surface area (Å²) in [6.07, 6.45) is 1.79. The number of aryl methyl sites for hydroxylation is 1. The molecule has 0 unspecified atom stereocenters. The normalized spacial score (nSPS) is 15.0. The summed E-state index contributed by atoms with van der Waals surface area (Å²) >= 11 is 0. The minimum absolute atomic E-state index is 0.256. The summed E-state index contributed by atoms with van der Waals surface area (Å²) in [4.78, 5) is 5.16. The Bertz CT molecular complexity index is 942. The fourth-order valence-corrected chi connectivity index (χ4v) is 4.96. The third-order valence-corrected chi connectivity index (χ3v) is 7.24. The molecule has 7 nitrogen and oxygen atoms in total. The molecule has 0 bridgehead atoms. The van der Waals surface area contributed by atoms with Crippen LogP contribution in [0.3, 0.4) is 0 Å². The molecule has 1 fully saturated rings. The molecule has 33 heavy (non-hydrogen) atoms. The van der Waals surface area contributed by atoms with Crippen molar-refractivity contribution in [3.8, 4) is 5.75 Å². The second-order valence-electron chi connectivity index (χ2n) is 8.29. The number of hydrogen-bond acceptors (Lipinski definition) is 6. The van der Waals surface area contributed by atoms with Gasteiger partial charge in [-0.15, -0.1) is 0 Å². The van der Waals surface area contributed by atoms with E-state index in [9.17, 15) is 8.42 Å². The molecule has 0 spiro atoms. The van der Waals surface area contributed by atoms with Gasteiger partial charge in [-0.3, -0.25) is 4.90 Å². The van der Waals surface area contributed by atoms with Crippen LogP contribution in [0, 0.1) is 6.92 Å². The summed E-state index contributed by atoms with van der Waals surface area (Å²) in [7, 11) is -3.50. The summed E-state index contributed by atoms with van der Waals surface area (Å²) in [6, 6.07) is 15.2. The lowest BCUT2D eigenvalue weighted by molar-refractivity contribution is 0.110. The quantitative estimate of drug-likeness (QED) is 0.448. The highest BCUT2D eigenvalue weighted by molar-refractivity contribution is 7.89. The minimum atomic E-state index is -3.50. The van der Waals surface area contributed by atoms with E-state index in [-0.39, 0.29) is 4.90 Å². The van der Waals surface area contributed by atoms with E-state index in [2.05, 4.69) is 45.7 Å². The summed E-state index contributed by atoms with van der Waals surface area (Å²) in [6.45, 7) is 11.2. The zero-order valence-electron chi connectivity index (χ0n) is 19.8. The number of rotatable bonds is 13. The molecule has 1 heterocycles. The first-order valence-corrected chi connectivity index (χ1v) is 13.3. The molecule has 182 valence electrons. The number of anilines is 1. The highest BCUT2D eigenvalue weighted by atomic mass is 32.2. The highest BCUT2D eigenvalue weighted by Crippen LogP contribution is 2.18. The van der Waals surface area contributed by atoms with Crippen LogP contribution in [-0.2, 0) is 14.8 Å². The van der Waals surface area contributed by atoms with Gasteiger partial charge in [0.2, 0.25) is 10.0 Å². The number of nitrogens with zero attached hydrogens (tertiary/aromatic N) is 2. The first-order chi connectivity index (χ1) is 16.0. The molecule has 3 rings (SSSR count). The van der Waals surface area contributed by atoms with Gasteiger partial charge >= 0.3 is 0 Å². The molecule has 2 aromatic carbocycles. The summed E-state index contributed by atoms with van der Waals surface area (Å²) in [5.41, 5.74) is 2.59. The Hall–Kier alpha value is -2.13. The Morgan fingerprint density at radius 1 is 0.970 bits per heavy atom. The van der Waals surface area contributed by atoms with E-state index in [0.717, 1.165) is 45.6 Å². The van der Waals surface area contributed by atoms with Crippen LogP contribution >= 0.6 is 0 Å². The molecule has 0 atom stereocenters. The van der Waals surface area contributed by atoms with Crippen LogP contribution in [0.15, 0.2) is 53.4 Å². The smallest absolute Gasteiger partial charge is 0.240 e. The van der Waals surface area contributed by atoms with Gasteiger partial charge in [-0.05, 0) is 75.2 Å². The largest absolute Gasteiger partial charge is 0.491 e. The summed E-state index contributed by atoms with van der Waals surface area (Å²) in [5, 5.41) is 0. The zero-order chi connectivity index (χ0) is 23.5. The van der Waals surface area contributed by atoms with Gasteiger partial charge in [-0.25, -0.2) is 13.1 Å². The number of nitrogens with one attached hydrogen (secondary N) is 1. The predicted molar refractivity (Wildman–Crippen MR) is 133 cm³/mol. The molecular weight excluding hydrogens is 438 g/mol. The topological polar surface area (TPSA) is 71.1 Å². The third-order valence-electron chi connectivity index (χ3n) is 5.77. The molecule has 1 N–H and O–H groups in total. The number of benzene rings is 2. The van der Waals surface area contributed by atoms with Gasteiger partial charge in [-0.1, -0.05) is 12.1 Å². The second kappa shape index (κ2) is 12.9. The van der Waals surface area contributed by atoms with E-state index in [1.807, 2.05) is 6.92 Å². The molecule has 1 saturated heterocycles. The number of piperazine rings is 1. The Morgan fingerprint density at radius 2 is 1.73 bits per heavy atom. The van der Waals surface area contributed by atoms with Crippen molar-refractivity contribution in [2.75, 3.05) is 64.0 Å². The molecule has 0 saturated carbocycles. The minimum Gasteiger partial charge on any atom is -0.491 e. The van der Waals surface area contributed by atoms with E-state index < -0.39 is 10.0 Å². The van der Waals surface area contributed by atoms with Crippen LogP contribution in [0.2, 0.25) is 0 Å². The van der Waals surface area contributed by atoms with Gasteiger partial charge < -0.3 is 14.4 Å². The van der Waals surface area contributed by atoms with Gasteiger partial charge in [-0.2, -0.15) is 0 Å². The highest BCUT2D eigenvalue weighted by Gasteiger charge is 2.17. The standard InChI is InChI=1S/C25H37N3O4S/c1-3-31-19-20-32-24-9-11-25(12-10-24)33(29,30)26-13-4-5-14-27-15-17-28(18-16-27)23-8-6-7-22(2)21-23/h6-12,21,26H,3-5,13-20H2,1-2H3. The number of unbranched alkanes of at least 4 members (excludes halogenated alkanes) is 1. The van der Waals surface area contributed by atoms with Crippen molar-refractivity contribution in [3.05, 3.63) is 54.1 Å². The lowest BCUT2D eigenvalue weighted by Crippen LogP contribution is -2.46. The van der Waals surface area contributed by atoms with Gasteiger partial charge in [0.25, 0.3) is 0 Å². The maximum absolute atomic E-state index is 12.5. The summed E-state index contributed by atoms with van der Waals surface area (Å²) < 4.78 is 38.5. The van der Waals surface area contributed by atoms with Crippen LogP contribution in [0.4, 0.5) is 5.69 Å². The van der Waals surface area contributed by atoms with E-state index in [4.69, 9.17) is 9.47 Å². The van der Waals surface area contributed by atoms with E-state index in [1.165, 1.54) is 11.3 Å². The van der Waals surface area contributed by atoms with Crippen molar-refractivity contribution in [1.82, 2.24) is 9.62 Å². The van der Waals surface area contributed by atoms with Crippen molar-refractivity contribution in [1.29, 1.82) is 0 Å². The van der Waals surface area contributed by atoms with Crippen LogP contribution < -0.4 is 14.4 Å². The van der Waals surface area contributed by atoms with Crippen molar-refractivity contribution in [2.24, 2.45) is 0 Å². The maximum atomic E-state index is 12.5. The molecule has 0 aromatic heterocycles. The Kier molecular flexibility index (Phi) is 9.99. The van der Waals surface area contributed by atoms with E-state index in [0.29, 0.717) is 32.1 Å². The number of hydrogen-bond donors (Lipinski definition) is 1. The molecule has 0 radical (unpaired) electrons. The Labute approximate surface area is 198 Å². The molecule has 8 heteroatoms. The van der Waals surface area contributed by atoms with Crippen molar-refractivity contribution in [2.45, 2.75) is 31.6 Å². The monoisotopic (exact) mass is 475 g/mol. The first kappa shape index (κ1) is 25.5. The molecular formula is C25H37N3O4S. The van der Waals surface area contributed by atoms with Gasteiger partial charge in [0, 0.05) is 45.0 Å². The zero-order valence-corrected chi connectivity index (χ0v) is 20.6. The van der Waals surface area contributed by atoms with Crippen molar-refractivity contribution in [3.63, 3.8) is 0 Å². The van der Waals surface area contributed by atoms with Crippen molar-refractivity contribution >= 4 is 15.7 Å². The van der Waals surface area contributed by atoms with Crippen LogP contribution in [0.1, 0.15) is 25.3 Å². The van der Waals surface area contributed by atoms with Gasteiger partial charge in [0.15, 0.2) is 0 Å². The number of sulfonamides is 1. The molecule has 1 aliphatic heterocycles. The van der Waals surface area contributed by atoms with Crippen LogP contribution in [0.25, 0.3) is 0 Å². The maximum Gasteiger partial charge on any atom is 0.240 e. The fourth-order valence-electron chi connectivity index (χ4n) is 3.88. The van der Waals surface area contributed by atoms with Gasteiger partial charge in [0.1, 0.15) is 12.4 Å². The van der Waals surface area contributed by atoms with E-state index in [1.54, 1.807) is 24.3 Å². The Balaban J connectivity index is 1.32. The van der Waals surface area contributed by atoms with Crippen molar-refractivity contribution < 1.29 is 17.9 Å². The molecule has 0 amide bonds. The Morgan fingerprint density at radius 3 is 2.42 bits per heavy atom. The fraction of sp³-hybridized carbons (Fsp3) is 0.520. The van der Waals surface area contributed by atoms with Crippen LogP contribution in [0.5, 0.6) is 5.75 Å². The average molecular weight is 476 g/mol. The second-order valence-corrected chi connectivity index (χ2v) is 10.1. The number of ether oxygens (including phenoxy) is 2. The average Bonchev–Trinajstić information content (AvgIpc) is 2.82. The first-order valence-electron chi connectivity index (χ1n) is 11.8. The molecule has 0 aliphatic carbocycles. The van der Waals surface area contributed by atoms with Gasteiger partial charge in [0.05, 0.1) is 11.5 Å². The summed E-state index contributed by atoms with van der Waals surface area (Å²) in [5.74, 6) is 0.635. The lowest BCUT2D eigenvalue weighted by Gasteiger charge is -2.36. The van der Waals surface area contributed by atoms with E-state index >= 15 is 0 Å². The van der Waals surface area contributed by atoms with Crippen LogP contribution in [-0.4, -0.2) is 72.4 Å².